The number of benzene rings is 4. The fourth-order valence-corrected chi connectivity index (χ4v) is 5.08. The fourth-order valence-electron chi connectivity index (χ4n) is 5.08. The van der Waals surface area contributed by atoms with Crippen molar-refractivity contribution in [1.29, 1.82) is 0 Å². The average Bonchev–Trinajstić information content (AvgIpc) is 3.60. The third-order valence-corrected chi connectivity index (χ3v) is 7.16. The van der Waals surface area contributed by atoms with Crippen LogP contribution < -0.4 is 5.32 Å². The lowest BCUT2D eigenvalue weighted by atomic mass is 10.0. The van der Waals surface area contributed by atoms with Gasteiger partial charge in [-0.15, -0.1) is 0 Å². The normalized spacial score (nSPS) is 12.2. The van der Waals surface area contributed by atoms with Crippen molar-refractivity contribution in [1.82, 2.24) is 20.1 Å². The molecule has 0 spiro atoms. The summed E-state index contributed by atoms with van der Waals surface area (Å²) in [6.07, 6.45) is 6.88. The molecule has 0 aliphatic rings. The minimum Gasteiger partial charge on any atom is -0.480 e. The third kappa shape index (κ3) is 5.51. The lowest BCUT2D eigenvalue weighted by Crippen LogP contribution is -2.41. The number of aromatic amines is 1. The number of amides is 1. The van der Waals surface area contributed by atoms with Gasteiger partial charge in [-0.1, -0.05) is 66.7 Å². The van der Waals surface area contributed by atoms with E-state index in [4.69, 9.17) is 5.10 Å². The molecule has 0 saturated heterocycles. The molecule has 1 amide bonds. The largest absolute Gasteiger partial charge is 0.480 e. The summed E-state index contributed by atoms with van der Waals surface area (Å²) in [6.45, 7) is 2.03. The average molecular weight is 541 g/mol. The fraction of sp³-hybridized carbons (Fsp3) is 0.0882. The van der Waals surface area contributed by atoms with E-state index in [2.05, 4.69) is 34.6 Å². The molecule has 7 nitrogen and oxygen atoms in total. The molecule has 6 aromatic rings. The number of hydrogen-bond acceptors (Lipinski definition) is 3. The lowest BCUT2D eigenvalue weighted by molar-refractivity contribution is -0.141. The SMILES string of the molecule is Cc1cccc(-n2cc(C=CC(=O)NC(Cc3c[nH]c4ccccc34)C(=O)O)c(-c3ccc4ccccc4c3)n2)c1. The first kappa shape index (κ1) is 25.8. The van der Waals surface area contributed by atoms with Gasteiger partial charge in [-0.05, 0) is 59.2 Å². The number of carboxylic acids is 1. The van der Waals surface area contributed by atoms with Crippen LogP contribution in [0.5, 0.6) is 0 Å². The number of H-pyrrole nitrogens is 1. The van der Waals surface area contributed by atoms with Gasteiger partial charge in [-0.2, -0.15) is 5.10 Å². The maximum atomic E-state index is 13.0. The summed E-state index contributed by atoms with van der Waals surface area (Å²) in [6, 6.07) is 28.9. The number of aliphatic carboxylic acids is 1. The van der Waals surface area contributed by atoms with Crippen LogP contribution in [0.2, 0.25) is 0 Å². The molecule has 0 fully saturated rings. The van der Waals surface area contributed by atoms with Gasteiger partial charge in [-0.3, -0.25) is 4.79 Å². The van der Waals surface area contributed by atoms with Crippen molar-refractivity contribution >= 4 is 39.6 Å². The van der Waals surface area contributed by atoms with Crippen molar-refractivity contribution in [3.8, 4) is 16.9 Å². The number of carboxylic acid groups (broad SMARTS) is 1. The Kier molecular flexibility index (Phi) is 6.92. The zero-order valence-corrected chi connectivity index (χ0v) is 22.4. The van der Waals surface area contributed by atoms with E-state index in [0.717, 1.165) is 55.3 Å². The predicted octanol–water partition coefficient (Wildman–Crippen LogP) is 6.31. The zero-order valence-electron chi connectivity index (χ0n) is 22.4. The first-order valence-corrected chi connectivity index (χ1v) is 13.4. The molecule has 202 valence electrons. The van der Waals surface area contributed by atoms with Gasteiger partial charge in [0, 0.05) is 46.9 Å². The van der Waals surface area contributed by atoms with Crippen LogP contribution in [0.3, 0.4) is 0 Å². The van der Waals surface area contributed by atoms with Gasteiger partial charge < -0.3 is 15.4 Å². The Balaban J connectivity index is 1.29. The summed E-state index contributed by atoms with van der Waals surface area (Å²) >= 11 is 0. The molecule has 0 bridgehead atoms. The Bertz CT molecular complexity index is 1930. The standard InChI is InChI=1S/C34H28N4O3/c1-22-7-6-10-28(17-22)38-21-26(33(37-38)25-14-13-23-8-2-3-9-24(23)18-25)15-16-32(39)36-31(34(40)41)19-27-20-35-30-12-5-4-11-29(27)30/h2-18,20-21,31,35H,19H2,1H3,(H,36,39)(H,40,41). The van der Waals surface area contributed by atoms with Gasteiger partial charge in [0.05, 0.1) is 11.4 Å². The van der Waals surface area contributed by atoms with Crippen LogP contribution in [0.4, 0.5) is 0 Å². The number of carbonyl (C=O) groups excluding carboxylic acids is 1. The molecule has 0 aliphatic carbocycles. The summed E-state index contributed by atoms with van der Waals surface area (Å²) in [5, 5.41) is 20.5. The van der Waals surface area contributed by atoms with Gasteiger partial charge in [-0.25, -0.2) is 9.48 Å². The molecule has 2 aromatic heterocycles. The third-order valence-electron chi connectivity index (χ3n) is 7.16. The van der Waals surface area contributed by atoms with E-state index >= 15 is 0 Å². The van der Waals surface area contributed by atoms with Gasteiger partial charge in [0.25, 0.3) is 0 Å². The maximum Gasteiger partial charge on any atom is 0.326 e. The second-order valence-corrected chi connectivity index (χ2v) is 10.1. The van der Waals surface area contributed by atoms with Crippen LogP contribution in [0.1, 0.15) is 16.7 Å². The Hall–Kier alpha value is -5.43. The van der Waals surface area contributed by atoms with Gasteiger partial charge in [0.2, 0.25) is 5.91 Å². The number of nitrogens with zero attached hydrogens (tertiary/aromatic N) is 2. The molecule has 0 saturated carbocycles. The highest BCUT2D eigenvalue weighted by atomic mass is 16.4. The van der Waals surface area contributed by atoms with Gasteiger partial charge in [0.15, 0.2) is 0 Å². The number of aromatic nitrogens is 3. The van der Waals surface area contributed by atoms with Crippen molar-refractivity contribution in [2.24, 2.45) is 0 Å². The number of aryl methyl sites for hydroxylation is 1. The number of nitrogens with one attached hydrogen (secondary N) is 2. The Morgan fingerprint density at radius 2 is 1.78 bits per heavy atom. The highest BCUT2D eigenvalue weighted by Crippen LogP contribution is 2.28. The number of carbonyl (C=O) groups is 2. The van der Waals surface area contributed by atoms with Crippen molar-refractivity contribution < 1.29 is 14.7 Å². The highest BCUT2D eigenvalue weighted by Gasteiger charge is 2.21. The topological polar surface area (TPSA) is 100 Å². The van der Waals surface area contributed by atoms with Crippen LogP contribution in [-0.2, 0) is 16.0 Å². The second-order valence-electron chi connectivity index (χ2n) is 10.1. The molecular weight excluding hydrogens is 512 g/mol. The van der Waals surface area contributed by atoms with Crippen molar-refractivity contribution in [2.45, 2.75) is 19.4 Å². The molecule has 1 unspecified atom stereocenters. The first-order chi connectivity index (χ1) is 19.9. The first-order valence-electron chi connectivity index (χ1n) is 13.4. The summed E-state index contributed by atoms with van der Waals surface area (Å²) in [5.74, 6) is -1.59. The molecular formula is C34H28N4O3. The highest BCUT2D eigenvalue weighted by molar-refractivity contribution is 5.96. The maximum absolute atomic E-state index is 13.0. The minimum absolute atomic E-state index is 0.159. The van der Waals surface area contributed by atoms with E-state index in [-0.39, 0.29) is 6.42 Å². The van der Waals surface area contributed by atoms with E-state index < -0.39 is 17.9 Å². The summed E-state index contributed by atoms with van der Waals surface area (Å²) in [4.78, 5) is 28.2. The van der Waals surface area contributed by atoms with Crippen molar-refractivity contribution in [2.75, 3.05) is 0 Å². The van der Waals surface area contributed by atoms with E-state index in [1.165, 1.54) is 6.08 Å². The van der Waals surface area contributed by atoms with E-state index in [9.17, 15) is 14.7 Å². The van der Waals surface area contributed by atoms with Crippen LogP contribution in [0, 0.1) is 6.92 Å². The molecule has 3 N–H and O–H groups in total. The van der Waals surface area contributed by atoms with Gasteiger partial charge in [0.1, 0.15) is 6.04 Å². The number of hydrogen-bond donors (Lipinski definition) is 3. The molecule has 41 heavy (non-hydrogen) atoms. The van der Waals surface area contributed by atoms with Crippen LogP contribution in [0.15, 0.2) is 109 Å². The van der Waals surface area contributed by atoms with Crippen LogP contribution in [0.25, 0.3) is 44.7 Å². The number of rotatable bonds is 8. The zero-order chi connectivity index (χ0) is 28.3. The molecule has 7 heteroatoms. The minimum atomic E-state index is -1.10. The Morgan fingerprint density at radius 1 is 0.976 bits per heavy atom. The van der Waals surface area contributed by atoms with E-state index in [1.807, 2.05) is 79.9 Å². The predicted molar refractivity (Wildman–Crippen MR) is 162 cm³/mol. The van der Waals surface area contributed by atoms with E-state index in [0.29, 0.717) is 0 Å². The lowest BCUT2D eigenvalue weighted by Gasteiger charge is -2.12. The second kappa shape index (κ2) is 11.0. The molecule has 2 heterocycles. The molecule has 0 aliphatic heterocycles. The monoisotopic (exact) mass is 540 g/mol. The quantitative estimate of drug-likeness (QED) is 0.197. The van der Waals surface area contributed by atoms with Crippen LogP contribution in [-0.4, -0.2) is 37.8 Å². The Morgan fingerprint density at radius 3 is 2.61 bits per heavy atom. The van der Waals surface area contributed by atoms with Crippen molar-refractivity contribution in [3.05, 3.63) is 126 Å². The van der Waals surface area contributed by atoms with Crippen molar-refractivity contribution in [3.63, 3.8) is 0 Å². The molecule has 0 radical (unpaired) electrons. The van der Waals surface area contributed by atoms with Gasteiger partial charge >= 0.3 is 5.97 Å². The molecule has 4 aromatic carbocycles. The number of fused-ring (bicyclic) bond motifs is 2. The number of para-hydroxylation sites is 1. The van der Waals surface area contributed by atoms with E-state index in [1.54, 1.807) is 17.0 Å². The summed E-state index contributed by atoms with van der Waals surface area (Å²) in [7, 11) is 0. The molecule has 6 rings (SSSR count). The smallest absolute Gasteiger partial charge is 0.326 e. The summed E-state index contributed by atoms with van der Waals surface area (Å²) < 4.78 is 1.80. The Labute approximate surface area is 236 Å². The summed E-state index contributed by atoms with van der Waals surface area (Å²) in [5.41, 5.74) is 6.13. The van der Waals surface area contributed by atoms with Crippen LogP contribution >= 0.6 is 0 Å². The molecule has 1 atom stereocenters.